The van der Waals surface area contributed by atoms with E-state index in [1.165, 1.54) is 45.1 Å². The van der Waals surface area contributed by atoms with Crippen molar-refractivity contribution in [2.24, 2.45) is 0 Å². The van der Waals surface area contributed by atoms with Crippen LogP contribution in [0.2, 0.25) is 0 Å². The highest BCUT2D eigenvalue weighted by atomic mass is 32.2. The third-order valence-corrected chi connectivity index (χ3v) is 16.4. The summed E-state index contributed by atoms with van der Waals surface area (Å²) in [6, 6.07) is 22.8. The van der Waals surface area contributed by atoms with E-state index in [0.717, 1.165) is 33.9 Å². The van der Waals surface area contributed by atoms with E-state index >= 15 is 0 Å². The molecule has 5 atom stereocenters. The van der Waals surface area contributed by atoms with Gasteiger partial charge in [-0.2, -0.15) is 8.42 Å². The Kier molecular flexibility index (Phi) is 17.1. The second-order valence-electron chi connectivity index (χ2n) is 21.1. The Morgan fingerprint density at radius 3 is 1.85 bits per heavy atom. The summed E-state index contributed by atoms with van der Waals surface area (Å²) in [5.41, 5.74) is 5.52. The van der Waals surface area contributed by atoms with Gasteiger partial charge in [0.1, 0.15) is 25.3 Å². The molecular weight excluding hydrogens is 1120 g/mol. The van der Waals surface area contributed by atoms with Crippen molar-refractivity contribution in [1.29, 1.82) is 0 Å². The van der Waals surface area contributed by atoms with Crippen LogP contribution in [-0.4, -0.2) is 129 Å². The Hall–Kier alpha value is -9.49. The molecule has 0 spiro atoms. The van der Waals surface area contributed by atoms with Crippen LogP contribution in [0.25, 0.3) is 0 Å². The molecule has 0 saturated heterocycles. The summed E-state index contributed by atoms with van der Waals surface area (Å²) in [6.45, 7) is 3.23. The number of imide groups is 1. The van der Waals surface area contributed by atoms with Crippen LogP contribution in [0.4, 0.5) is 28.4 Å². The van der Waals surface area contributed by atoms with Gasteiger partial charge in [0, 0.05) is 73.8 Å². The summed E-state index contributed by atoms with van der Waals surface area (Å²) in [4.78, 5) is 108. The summed E-state index contributed by atoms with van der Waals surface area (Å²) in [6.07, 6.45) is 3.97. The molecular formula is C60H63N9O15S. The summed E-state index contributed by atoms with van der Waals surface area (Å²) < 4.78 is 60.8. The van der Waals surface area contributed by atoms with Gasteiger partial charge in [-0.15, -0.1) is 0 Å². The molecule has 5 heterocycles. The Balaban J connectivity index is 0.829. The number of methoxy groups -OCH3 is 2. The zero-order chi connectivity index (χ0) is 60.3. The van der Waals surface area contributed by atoms with Gasteiger partial charge in [-0.25, -0.2) is 0 Å². The third-order valence-electron chi connectivity index (χ3n) is 15.3. The lowest BCUT2D eigenvalue weighted by molar-refractivity contribution is -0.137. The molecule has 8 amide bonds. The van der Waals surface area contributed by atoms with Crippen molar-refractivity contribution >= 4 is 85.8 Å². The zero-order valence-electron chi connectivity index (χ0n) is 46.9. The number of carbonyl (C=O) groups is 8. The van der Waals surface area contributed by atoms with Crippen molar-refractivity contribution < 1.29 is 70.3 Å². The molecule has 1 unspecified atom stereocenters. The largest absolute Gasteiger partial charge is 0.493 e. The molecule has 5 aliphatic heterocycles. The SMILES string of the molecule is COc1cc2c(cc1OCc1cc(COc3cc4c(cc3OC)C(=O)N3c5ccccc5C[C@H]3CN4)cc(NC(=O)[C@H](C)NC(=O)[C@H](C)NC(=O)CCCCC(=O)NCCN3C(=O)C=CC3=O)c1)N[C@H](S(=O)(=O)O)C1Cc3ccccc3N1C2=O. The molecule has 7 N–H and O–H groups in total. The summed E-state index contributed by atoms with van der Waals surface area (Å²) in [7, 11) is -1.95. The van der Waals surface area contributed by atoms with Gasteiger partial charge in [-0.05, 0) is 104 Å². The number of carbonyl (C=O) groups excluding carboxylic acids is 8. The molecule has 5 aromatic carbocycles. The molecule has 444 valence electrons. The number of anilines is 5. The van der Waals surface area contributed by atoms with Crippen molar-refractivity contribution in [3.63, 3.8) is 0 Å². The van der Waals surface area contributed by atoms with Gasteiger partial charge in [0.05, 0.1) is 48.8 Å². The van der Waals surface area contributed by atoms with E-state index in [1.54, 1.807) is 54.6 Å². The molecule has 24 nitrogen and oxygen atoms in total. The maximum atomic E-state index is 14.3. The number of benzene rings is 5. The van der Waals surface area contributed by atoms with Gasteiger partial charge in [-0.1, -0.05) is 36.4 Å². The highest BCUT2D eigenvalue weighted by molar-refractivity contribution is 7.86. The molecule has 5 aromatic rings. The Bertz CT molecular complexity index is 3670. The van der Waals surface area contributed by atoms with E-state index in [1.807, 2.05) is 29.2 Å². The number of nitrogens with one attached hydrogen (secondary N) is 6. The normalized spacial score (nSPS) is 17.9. The van der Waals surface area contributed by atoms with Crippen LogP contribution in [-0.2, 0) is 64.9 Å². The molecule has 0 fully saturated rings. The minimum atomic E-state index is -4.79. The van der Waals surface area contributed by atoms with E-state index < -0.39 is 69.1 Å². The maximum absolute atomic E-state index is 14.3. The predicted octanol–water partition coefficient (Wildman–Crippen LogP) is 4.62. The number of nitrogens with zero attached hydrogens (tertiary/aromatic N) is 3. The molecule has 25 heteroatoms. The smallest absolute Gasteiger partial charge is 0.288 e. The summed E-state index contributed by atoms with van der Waals surface area (Å²) >= 11 is 0. The number of hydrogen-bond donors (Lipinski definition) is 7. The first-order valence-electron chi connectivity index (χ1n) is 27.6. The molecule has 10 rings (SSSR count). The molecule has 5 aliphatic rings. The first kappa shape index (κ1) is 58.7. The molecule has 0 aliphatic carbocycles. The van der Waals surface area contributed by atoms with Crippen molar-refractivity contribution in [1.82, 2.24) is 20.9 Å². The third kappa shape index (κ3) is 12.7. The molecule has 0 saturated carbocycles. The summed E-state index contributed by atoms with van der Waals surface area (Å²) in [5, 5.41) is 15.4. The Labute approximate surface area is 489 Å². The number of ether oxygens (including phenoxy) is 4. The number of hydrogen-bond acceptors (Lipinski definition) is 16. The number of para-hydroxylation sites is 2. The van der Waals surface area contributed by atoms with Crippen LogP contribution >= 0.6 is 0 Å². The van der Waals surface area contributed by atoms with E-state index in [4.69, 9.17) is 18.9 Å². The fourth-order valence-electron chi connectivity index (χ4n) is 11.1. The highest BCUT2D eigenvalue weighted by Crippen LogP contribution is 2.44. The fraction of sp³-hybridized carbons (Fsp3) is 0.333. The van der Waals surface area contributed by atoms with Gasteiger partial charge in [0.2, 0.25) is 23.6 Å². The topological polar surface area (TPSA) is 310 Å². The quantitative estimate of drug-likeness (QED) is 0.0282. The lowest BCUT2D eigenvalue weighted by Crippen LogP contribution is -2.50. The maximum Gasteiger partial charge on any atom is 0.288 e. The van der Waals surface area contributed by atoms with Gasteiger partial charge < -0.3 is 60.6 Å². The number of rotatable bonds is 22. The average molecular weight is 1180 g/mol. The monoisotopic (exact) mass is 1180 g/mol. The van der Waals surface area contributed by atoms with Gasteiger partial charge in [-0.3, -0.25) is 47.8 Å². The summed E-state index contributed by atoms with van der Waals surface area (Å²) in [5.74, 6) is -2.82. The van der Waals surface area contributed by atoms with E-state index in [9.17, 15) is 51.3 Å². The van der Waals surface area contributed by atoms with Crippen LogP contribution < -0.4 is 60.6 Å². The number of fused-ring (bicyclic) bond motifs is 8. The van der Waals surface area contributed by atoms with Crippen molar-refractivity contribution in [2.45, 2.75) is 95.1 Å². The predicted molar refractivity (Wildman–Crippen MR) is 311 cm³/mol. The first-order valence-corrected chi connectivity index (χ1v) is 29.1. The first-order chi connectivity index (χ1) is 40.8. The molecule has 85 heavy (non-hydrogen) atoms. The number of amides is 8. The molecule has 0 radical (unpaired) electrons. The fourth-order valence-corrected chi connectivity index (χ4v) is 12.0. The number of unbranched alkanes of at least 4 members (excludes halogenated alkanes) is 1. The van der Waals surface area contributed by atoms with Gasteiger partial charge in [0.25, 0.3) is 33.7 Å². The lowest BCUT2D eigenvalue weighted by atomic mass is 10.1. The average Bonchev–Trinajstić information content (AvgIpc) is 1.95. The van der Waals surface area contributed by atoms with Crippen molar-refractivity contribution in [3.05, 3.63) is 137 Å². The van der Waals surface area contributed by atoms with Crippen molar-refractivity contribution in [2.75, 3.05) is 59.6 Å². The Morgan fingerprint density at radius 2 is 1.22 bits per heavy atom. The second kappa shape index (κ2) is 24.8. The minimum absolute atomic E-state index is 0.0128. The van der Waals surface area contributed by atoms with Crippen LogP contribution in [0, 0.1) is 0 Å². The van der Waals surface area contributed by atoms with Crippen LogP contribution in [0.3, 0.4) is 0 Å². The lowest BCUT2D eigenvalue weighted by Gasteiger charge is -2.27. The second-order valence-corrected chi connectivity index (χ2v) is 22.7. The zero-order valence-corrected chi connectivity index (χ0v) is 47.7. The minimum Gasteiger partial charge on any atom is -0.493 e. The molecule has 0 bridgehead atoms. The van der Waals surface area contributed by atoms with Crippen LogP contribution in [0.1, 0.15) is 82.5 Å². The van der Waals surface area contributed by atoms with Crippen LogP contribution in [0.5, 0.6) is 23.0 Å². The molecule has 0 aromatic heterocycles. The Morgan fingerprint density at radius 1 is 0.671 bits per heavy atom. The van der Waals surface area contributed by atoms with Gasteiger partial charge >= 0.3 is 0 Å². The van der Waals surface area contributed by atoms with E-state index in [0.29, 0.717) is 59.6 Å². The standard InChI is InChI=1S/C60H63N9O15S/c1-33(63-53(71)16-10-9-15-52(70)61-19-20-67-54(72)17-18-55(67)73)56(74)64-34(2)57(75)65-39-22-35(31-83-50-28-43-41(26-48(50)81-3)59(76)68-40(30-62-43)24-37-11-5-7-13-45(37)68)21-36(23-39)32-84-51-29-44-42(27-49(51)82-4)60(77)69-46-14-8-6-12-38(46)25-47(69)58(66-44)85(78,79)80/h5-8,11-14,17-18,21-23,26-29,33-34,40,47,58,62,66H,9-10,15-16,19-20,24-25,30-32H2,1-4H3,(H,61,70)(H,63,71)(H,64,74)(H,65,75)(H,78,79,80)/t33-,34-,40-,47?,58+/m0/s1. The van der Waals surface area contributed by atoms with Gasteiger partial charge in [0.15, 0.2) is 28.4 Å². The van der Waals surface area contributed by atoms with Crippen molar-refractivity contribution in [3.8, 4) is 23.0 Å². The highest BCUT2D eigenvalue weighted by Gasteiger charge is 2.47. The van der Waals surface area contributed by atoms with E-state index in [2.05, 4.69) is 31.9 Å². The van der Waals surface area contributed by atoms with E-state index in [-0.39, 0.29) is 97.6 Å². The van der Waals surface area contributed by atoms with Crippen LogP contribution in [0.15, 0.2) is 103 Å².